The number of carbonyl (C=O) groups is 2. The second kappa shape index (κ2) is 7.77. The predicted molar refractivity (Wildman–Crippen MR) is 100 cm³/mol. The van der Waals surface area contributed by atoms with E-state index < -0.39 is 5.92 Å². The number of anilines is 1. The number of carbonyl (C=O) groups excluding carboxylic acids is 2. The monoisotopic (exact) mass is 378 g/mol. The highest BCUT2D eigenvalue weighted by Gasteiger charge is 2.35. The Hall–Kier alpha value is -2.55. The Morgan fingerprint density at radius 3 is 2.69 bits per heavy atom. The Labute approximate surface area is 157 Å². The van der Waals surface area contributed by atoms with Gasteiger partial charge in [0.1, 0.15) is 13.2 Å². The number of hydrogen-bond donors (Lipinski definition) is 3. The summed E-state index contributed by atoms with van der Waals surface area (Å²) in [5.41, 5.74) is 5.91. The van der Waals surface area contributed by atoms with Crippen LogP contribution in [0.4, 0.5) is 5.69 Å². The fourth-order valence-electron chi connectivity index (χ4n) is 2.85. The standard InChI is InChI=1S/C17H22N4O4S/c1-10(2)18-17(26)20-19-16(23)11-7-15(22)21(9-11)12-3-4-13-14(8-12)25-6-5-24-13/h3-4,8,10-11H,5-7,9H2,1-2H3,(H,19,23)(H2,18,20,26)/t11-/m1/s1. The number of benzene rings is 1. The zero-order valence-corrected chi connectivity index (χ0v) is 15.5. The number of thiocarbonyl (C=S) groups is 1. The Morgan fingerprint density at radius 1 is 1.23 bits per heavy atom. The van der Waals surface area contributed by atoms with Gasteiger partial charge in [0.25, 0.3) is 0 Å². The maximum atomic E-state index is 12.4. The minimum Gasteiger partial charge on any atom is -0.486 e. The van der Waals surface area contributed by atoms with E-state index in [-0.39, 0.29) is 24.3 Å². The maximum Gasteiger partial charge on any atom is 0.243 e. The minimum atomic E-state index is -0.454. The molecule has 140 valence electrons. The van der Waals surface area contributed by atoms with Gasteiger partial charge in [-0.15, -0.1) is 0 Å². The van der Waals surface area contributed by atoms with Crippen molar-refractivity contribution >= 4 is 34.8 Å². The lowest BCUT2D eigenvalue weighted by Crippen LogP contribution is -2.50. The van der Waals surface area contributed by atoms with Gasteiger partial charge in [-0.25, -0.2) is 0 Å². The highest BCUT2D eigenvalue weighted by Crippen LogP contribution is 2.35. The Kier molecular flexibility index (Phi) is 5.46. The fourth-order valence-corrected chi connectivity index (χ4v) is 3.14. The summed E-state index contributed by atoms with van der Waals surface area (Å²) in [6.45, 7) is 5.17. The molecule has 1 fully saturated rings. The first-order valence-corrected chi connectivity index (χ1v) is 8.91. The van der Waals surface area contributed by atoms with Crippen molar-refractivity contribution in [3.8, 4) is 11.5 Å². The van der Waals surface area contributed by atoms with Gasteiger partial charge in [0.2, 0.25) is 11.8 Å². The van der Waals surface area contributed by atoms with E-state index in [9.17, 15) is 9.59 Å². The molecule has 8 nitrogen and oxygen atoms in total. The van der Waals surface area contributed by atoms with Gasteiger partial charge in [-0.2, -0.15) is 0 Å². The molecule has 0 bridgehead atoms. The van der Waals surface area contributed by atoms with Gasteiger partial charge < -0.3 is 19.7 Å². The zero-order valence-electron chi connectivity index (χ0n) is 14.7. The highest BCUT2D eigenvalue weighted by molar-refractivity contribution is 7.80. The van der Waals surface area contributed by atoms with Crippen molar-refractivity contribution in [2.75, 3.05) is 24.7 Å². The molecule has 1 aromatic rings. The summed E-state index contributed by atoms with van der Waals surface area (Å²) in [6.07, 6.45) is 0.145. The quantitative estimate of drug-likeness (QED) is 0.527. The molecular weight excluding hydrogens is 356 g/mol. The second-order valence-electron chi connectivity index (χ2n) is 6.48. The molecule has 2 aliphatic heterocycles. The molecule has 0 aromatic heterocycles. The molecule has 3 N–H and O–H groups in total. The van der Waals surface area contributed by atoms with Crippen LogP contribution in [0.3, 0.4) is 0 Å². The topological polar surface area (TPSA) is 91.9 Å². The maximum absolute atomic E-state index is 12.4. The van der Waals surface area contributed by atoms with E-state index in [1.807, 2.05) is 13.8 Å². The molecule has 0 spiro atoms. The molecule has 3 rings (SSSR count). The molecule has 2 amide bonds. The van der Waals surface area contributed by atoms with Crippen LogP contribution in [0.1, 0.15) is 20.3 Å². The Bertz CT molecular complexity index is 725. The summed E-state index contributed by atoms with van der Waals surface area (Å²) in [5.74, 6) is 0.443. The molecule has 0 radical (unpaired) electrons. The third kappa shape index (κ3) is 4.16. The predicted octanol–water partition coefficient (Wildman–Crippen LogP) is 0.714. The largest absolute Gasteiger partial charge is 0.486 e. The Balaban J connectivity index is 1.60. The molecule has 1 atom stereocenters. The van der Waals surface area contributed by atoms with Crippen molar-refractivity contribution in [1.29, 1.82) is 0 Å². The number of nitrogens with zero attached hydrogens (tertiary/aromatic N) is 1. The molecule has 1 aromatic carbocycles. The minimum absolute atomic E-state index is 0.107. The fraction of sp³-hybridized carbons (Fsp3) is 0.471. The summed E-state index contributed by atoms with van der Waals surface area (Å²) < 4.78 is 11.0. The van der Waals surface area contributed by atoms with Crippen LogP contribution in [0.5, 0.6) is 11.5 Å². The summed E-state index contributed by atoms with van der Waals surface area (Å²) >= 11 is 5.06. The van der Waals surface area contributed by atoms with Crippen LogP contribution in [-0.4, -0.2) is 42.7 Å². The smallest absolute Gasteiger partial charge is 0.243 e. The molecule has 2 aliphatic rings. The van der Waals surface area contributed by atoms with Crippen molar-refractivity contribution < 1.29 is 19.1 Å². The molecule has 2 heterocycles. The van der Waals surface area contributed by atoms with Gasteiger partial charge in [-0.1, -0.05) is 0 Å². The van der Waals surface area contributed by atoms with Crippen LogP contribution >= 0.6 is 12.2 Å². The third-order valence-electron chi connectivity index (χ3n) is 4.05. The summed E-state index contributed by atoms with van der Waals surface area (Å²) in [5, 5.41) is 3.30. The van der Waals surface area contributed by atoms with E-state index in [1.165, 1.54) is 0 Å². The van der Waals surface area contributed by atoms with Crippen molar-refractivity contribution in [2.45, 2.75) is 26.3 Å². The van der Waals surface area contributed by atoms with Crippen LogP contribution in [0.2, 0.25) is 0 Å². The highest BCUT2D eigenvalue weighted by atomic mass is 32.1. The van der Waals surface area contributed by atoms with Crippen molar-refractivity contribution in [2.24, 2.45) is 5.92 Å². The molecule has 9 heteroatoms. The van der Waals surface area contributed by atoms with Gasteiger partial charge >= 0.3 is 0 Å². The van der Waals surface area contributed by atoms with E-state index in [0.717, 1.165) is 0 Å². The number of rotatable bonds is 3. The third-order valence-corrected chi connectivity index (χ3v) is 4.27. The number of fused-ring (bicyclic) bond motifs is 1. The van der Waals surface area contributed by atoms with Crippen LogP contribution < -0.4 is 30.5 Å². The van der Waals surface area contributed by atoms with Crippen molar-refractivity contribution in [3.05, 3.63) is 18.2 Å². The first kappa shape index (κ1) is 18.2. The number of nitrogens with one attached hydrogen (secondary N) is 3. The lowest BCUT2D eigenvalue weighted by molar-refractivity contribution is -0.126. The summed E-state index contributed by atoms with van der Waals surface area (Å²) in [7, 11) is 0. The van der Waals surface area contributed by atoms with Gasteiger partial charge in [-0.05, 0) is 38.2 Å². The number of hydrazine groups is 1. The SMILES string of the molecule is CC(C)NC(=S)NNC(=O)[C@@H]1CC(=O)N(c2ccc3c(c2)OCCO3)C1. The average molecular weight is 378 g/mol. The normalized spacial score (nSPS) is 18.7. The first-order chi connectivity index (χ1) is 12.4. The van der Waals surface area contributed by atoms with E-state index in [0.29, 0.717) is 42.1 Å². The Morgan fingerprint density at radius 2 is 1.96 bits per heavy atom. The average Bonchev–Trinajstić information content (AvgIpc) is 3.00. The van der Waals surface area contributed by atoms with Crippen LogP contribution in [-0.2, 0) is 9.59 Å². The van der Waals surface area contributed by atoms with Crippen molar-refractivity contribution in [3.63, 3.8) is 0 Å². The molecule has 1 saturated heterocycles. The lowest BCUT2D eigenvalue weighted by atomic mass is 10.1. The molecule has 0 aliphatic carbocycles. The van der Waals surface area contributed by atoms with Crippen LogP contribution in [0.25, 0.3) is 0 Å². The number of ether oxygens (including phenoxy) is 2. The van der Waals surface area contributed by atoms with E-state index in [1.54, 1.807) is 23.1 Å². The van der Waals surface area contributed by atoms with Gasteiger partial charge in [-0.3, -0.25) is 20.4 Å². The van der Waals surface area contributed by atoms with Gasteiger partial charge in [0.15, 0.2) is 16.6 Å². The van der Waals surface area contributed by atoms with E-state index in [2.05, 4.69) is 16.2 Å². The number of hydrogen-bond acceptors (Lipinski definition) is 5. The summed E-state index contributed by atoms with van der Waals surface area (Å²) in [6, 6.07) is 5.51. The zero-order chi connectivity index (χ0) is 18.7. The first-order valence-electron chi connectivity index (χ1n) is 8.50. The van der Waals surface area contributed by atoms with Crippen LogP contribution in [0, 0.1) is 5.92 Å². The molecule has 26 heavy (non-hydrogen) atoms. The van der Waals surface area contributed by atoms with E-state index >= 15 is 0 Å². The molecule has 0 unspecified atom stereocenters. The van der Waals surface area contributed by atoms with E-state index in [4.69, 9.17) is 21.7 Å². The molecular formula is C17H22N4O4S. The second-order valence-corrected chi connectivity index (χ2v) is 6.88. The number of amides is 2. The summed E-state index contributed by atoms with van der Waals surface area (Å²) in [4.78, 5) is 26.3. The van der Waals surface area contributed by atoms with Crippen LogP contribution in [0.15, 0.2) is 18.2 Å². The molecule has 0 saturated carbocycles. The van der Waals surface area contributed by atoms with Gasteiger partial charge in [0, 0.05) is 30.8 Å². The van der Waals surface area contributed by atoms with Gasteiger partial charge in [0.05, 0.1) is 5.92 Å². The lowest BCUT2D eigenvalue weighted by Gasteiger charge is -2.22. The van der Waals surface area contributed by atoms with Crippen molar-refractivity contribution in [1.82, 2.24) is 16.2 Å².